The third-order valence-electron chi connectivity index (χ3n) is 5.09. The van der Waals surface area contributed by atoms with E-state index in [4.69, 9.17) is 10.5 Å². The lowest BCUT2D eigenvalue weighted by atomic mass is 9.77. The van der Waals surface area contributed by atoms with Crippen molar-refractivity contribution >= 4 is 11.8 Å². The first-order valence-corrected chi connectivity index (χ1v) is 8.42. The molecule has 2 aliphatic heterocycles. The van der Waals surface area contributed by atoms with E-state index in [-0.39, 0.29) is 5.60 Å². The number of nitrogens with two attached hydrogens (primary N) is 1. The molecule has 1 saturated carbocycles. The van der Waals surface area contributed by atoms with E-state index in [1.807, 2.05) is 0 Å². The van der Waals surface area contributed by atoms with Crippen molar-refractivity contribution in [3.63, 3.8) is 0 Å². The minimum atomic E-state index is 0.212. The van der Waals surface area contributed by atoms with Crippen molar-refractivity contribution < 1.29 is 4.74 Å². The molecule has 3 rings (SSSR count). The highest BCUT2D eigenvalue weighted by molar-refractivity contribution is 7.99. The minimum Gasteiger partial charge on any atom is -0.374 e. The van der Waals surface area contributed by atoms with Crippen LogP contribution in [0.5, 0.6) is 0 Å². The van der Waals surface area contributed by atoms with Gasteiger partial charge in [-0.25, -0.2) is 0 Å². The smallest absolute Gasteiger partial charge is 0.0783 e. The number of hydrogen-bond acceptors (Lipinski definition) is 3. The van der Waals surface area contributed by atoms with Gasteiger partial charge in [0, 0.05) is 18.4 Å². The van der Waals surface area contributed by atoms with Crippen molar-refractivity contribution in [2.24, 2.45) is 17.6 Å². The number of ether oxygens (including phenoxy) is 1. The van der Waals surface area contributed by atoms with Gasteiger partial charge in [-0.2, -0.15) is 11.8 Å². The molecule has 2 nitrogen and oxygen atoms in total. The van der Waals surface area contributed by atoms with Crippen molar-refractivity contribution in [2.75, 3.05) is 18.1 Å². The van der Waals surface area contributed by atoms with Crippen molar-refractivity contribution in [3.05, 3.63) is 0 Å². The molecule has 0 aromatic carbocycles. The highest BCUT2D eigenvalue weighted by atomic mass is 32.2. The Hall–Kier alpha value is 0.270. The summed E-state index contributed by atoms with van der Waals surface area (Å²) in [7, 11) is 0. The Labute approximate surface area is 109 Å². The van der Waals surface area contributed by atoms with Gasteiger partial charge in [0.2, 0.25) is 0 Å². The summed E-state index contributed by atoms with van der Waals surface area (Å²) in [6.45, 7) is 0.950. The van der Waals surface area contributed by atoms with E-state index >= 15 is 0 Å². The van der Waals surface area contributed by atoms with E-state index < -0.39 is 0 Å². The molecule has 0 amide bonds. The third-order valence-corrected chi connectivity index (χ3v) is 6.31. The van der Waals surface area contributed by atoms with Gasteiger partial charge in [0.25, 0.3) is 0 Å². The first kappa shape index (κ1) is 12.3. The normalized spacial score (nSPS) is 41.1. The van der Waals surface area contributed by atoms with E-state index in [0.717, 1.165) is 18.4 Å². The van der Waals surface area contributed by atoms with Gasteiger partial charge in [0.05, 0.1) is 5.60 Å². The maximum Gasteiger partial charge on any atom is 0.0783 e. The summed E-state index contributed by atoms with van der Waals surface area (Å²) < 4.78 is 6.09. The van der Waals surface area contributed by atoms with Gasteiger partial charge in [0.1, 0.15) is 0 Å². The molecule has 2 N–H and O–H groups in total. The number of rotatable bonds is 2. The van der Waals surface area contributed by atoms with Gasteiger partial charge >= 0.3 is 0 Å². The predicted octanol–water partition coefficient (Wildman–Crippen LogP) is 2.81. The van der Waals surface area contributed by atoms with E-state index in [0.29, 0.717) is 6.04 Å². The second-order valence-corrected chi connectivity index (χ2v) is 7.31. The second kappa shape index (κ2) is 5.10. The molecule has 3 heteroatoms. The molecule has 0 aromatic rings. The Balaban J connectivity index is 1.62. The van der Waals surface area contributed by atoms with Crippen molar-refractivity contribution in [1.82, 2.24) is 0 Å². The maximum absolute atomic E-state index is 6.54. The summed E-state index contributed by atoms with van der Waals surface area (Å²) in [6, 6.07) is 0.448. The molecule has 1 aliphatic carbocycles. The summed E-state index contributed by atoms with van der Waals surface area (Å²) in [6.07, 6.45) is 9.25. The van der Waals surface area contributed by atoms with Crippen LogP contribution in [-0.4, -0.2) is 29.8 Å². The molecular formula is C14H25NOS. The van der Waals surface area contributed by atoms with Crippen LogP contribution in [0.4, 0.5) is 0 Å². The quantitative estimate of drug-likeness (QED) is 0.824. The molecule has 1 spiro atoms. The first-order chi connectivity index (χ1) is 8.29. The summed E-state index contributed by atoms with van der Waals surface area (Å²) in [4.78, 5) is 0. The summed E-state index contributed by atoms with van der Waals surface area (Å²) in [5, 5.41) is 0. The molecule has 3 unspecified atom stereocenters. The maximum atomic E-state index is 6.54. The standard InChI is InChI=1S/C14H25NOS/c15-13(11-3-1-2-4-11)12-5-7-16-14(9-12)6-8-17-10-14/h11-13H,1-10,15H2. The molecule has 2 saturated heterocycles. The zero-order valence-corrected chi connectivity index (χ0v) is 11.5. The molecule has 2 heterocycles. The fraction of sp³-hybridized carbons (Fsp3) is 1.00. The Morgan fingerprint density at radius 3 is 2.71 bits per heavy atom. The van der Waals surface area contributed by atoms with Crippen LogP contribution >= 0.6 is 11.8 Å². The topological polar surface area (TPSA) is 35.2 Å². The summed E-state index contributed by atoms with van der Waals surface area (Å²) in [5.74, 6) is 4.03. The minimum absolute atomic E-state index is 0.212. The average Bonchev–Trinajstić information content (AvgIpc) is 3.00. The number of hydrogen-bond donors (Lipinski definition) is 1. The van der Waals surface area contributed by atoms with Gasteiger partial charge in [-0.15, -0.1) is 0 Å². The monoisotopic (exact) mass is 255 g/mol. The first-order valence-electron chi connectivity index (χ1n) is 7.26. The number of thioether (sulfide) groups is 1. The van der Waals surface area contributed by atoms with Gasteiger partial charge in [0.15, 0.2) is 0 Å². The zero-order chi connectivity index (χ0) is 11.7. The van der Waals surface area contributed by atoms with E-state index in [1.54, 1.807) is 0 Å². The molecule has 0 aromatic heterocycles. The van der Waals surface area contributed by atoms with Gasteiger partial charge in [-0.1, -0.05) is 12.8 Å². The van der Waals surface area contributed by atoms with Crippen LogP contribution in [-0.2, 0) is 4.74 Å². The molecule has 98 valence electrons. The average molecular weight is 255 g/mol. The SMILES string of the molecule is NC(C1CCCC1)C1CCOC2(CCSC2)C1. The van der Waals surface area contributed by atoms with Crippen molar-refractivity contribution in [2.45, 2.75) is 56.6 Å². The fourth-order valence-corrected chi connectivity index (χ4v) is 5.36. The highest BCUT2D eigenvalue weighted by Crippen LogP contribution is 2.43. The van der Waals surface area contributed by atoms with Crippen LogP contribution in [0.15, 0.2) is 0 Å². The zero-order valence-electron chi connectivity index (χ0n) is 10.7. The lowest BCUT2D eigenvalue weighted by Gasteiger charge is -2.41. The molecule has 0 radical (unpaired) electrons. The summed E-state index contributed by atoms with van der Waals surface area (Å²) >= 11 is 2.06. The lowest BCUT2D eigenvalue weighted by molar-refractivity contribution is -0.0858. The van der Waals surface area contributed by atoms with Crippen molar-refractivity contribution in [3.8, 4) is 0 Å². The summed E-state index contributed by atoms with van der Waals surface area (Å²) in [5.41, 5.74) is 6.75. The molecule has 3 atom stereocenters. The van der Waals surface area contributed by atoms with Crippen LogP contribution in [0.3, 0.4) is 0 Å². The van der Waals surface area contributed by atoms with Crippen LogP contribution < -0.4 is 5.73 Å². The largest absolute Gasteiger partial charge is 0.374 e. The Morgan fingerprint density at radius 1 is 1.18 bits per heavy atom. The molecule has 3 fully saturated rings. The van der Waals surface area contributed by atoms with E-state index in [2.05, 4.69) is 11.8 Å². The molecule has 3 aliphatic rings. The van der Waals surface area contributed by atoms with Crippen LogP contribution in [0.2, 0.25) is 0 Å². The van der Waals surface area contributed by atoms with Gasteiger partial charge < -0.3 is 10.5 Å². The van der Waals surface area contributed by atoms with Crippen LogP contribution in [0.25, 0.3) is 0 Å². The Kier molecular flexibility index (Phi) is 3.69. The predicted molar refractivity (Wildman–Crippen MR) is 73.3 cm³/mol. The van der Waals surface area contributed by atoms with Crippen LogP contribution in [0.1, 0.15) is 44.9 Å². The lowest BCUT2D eigenvalue weighted by Crippen LogP contribution is -2.47. The van der Waals surface area contributed by atoms with Gasteiger partial charge in [-0.3, -0.25) is 0 Å². The van der Waals surface area contributed by atoms with Crippen LogP contribution in [0, 0.1) is 11.8 Å². The van der Waals surface area contributed by atoms with E-state index in [1.165, 1.54) is 56.5 Å². The second-order valence-electron chi connectivity index (χ2n) is 6.21. The molecular weight excluding hydrogens is 230 g/mol. The fourth-order valence-electron chi connectivity index (χ4n) is 3.98. The van der Waals surface area contributed by atoms with E-state index in [9.17, 15) is 0 Å². The molecule has 17 heavy (non-hydrogen) atoms. The van der Waals surface area contributed by atoms with Gasteiger partial charge in [-0.05, 0) is 49.7 Å². The highest BCUT2D eigenvalue weighted by Gasteiger charge is 2.43. The third kappa shape index (κ3) is 2.52. The van der Waals surface area contributed by atoms with Crippen molar-refractivity contribution in [1.29, 1.82) is 0 Å². The Bertz CT molecular complexity index is 259. The Morgan fingerprint density at radius 2 is 2.00 bits per heavy atom. The molecule has 0 bridgehead atoms.